The maximum Gasteiger partial charge on any atom is 0.224 e. The molecule has 0 saturated heterocycles. The summed E-state index contributed by atoms with van der Waals surface area (Å²) in [7, 11) is 0. The molecule has 1 aliphatic rings. The molecule has 104 valence electrons. The molecule has 0 atom stereocenters. The summed E-state index contributed by atoms with van der Waals surface area (Å²) >= 11 is 3.43. The predicted molar refractivity (Wildman–Crippen MR) is 80.5 cm³/mol. The first kappa shape index (κ1) is 14.5. The van der Waals surface area contributed by atoms with E-state index in [1.165, 1.54) is 0 Å². The van der Waals surface area contributed by atoms with Crippen LogP contribution in [0.2, 0.25) is 0 Å². The summed E-state index contributed by atoms with van der Waals surface area (Å²) < 4.78 is 5.51. The number of carbonyl (C=O) groups is 1. The van der Waals surface area contributed by atoms with E-state index in [-0.39, 0.29) is 5.91 Å². The fourth-order valence-corrected chi connectivity index (χ4v) is 2.92. The minimum Gasteiger partial charge on any atom is -0.378 e. The molecule has 0 spiro atoms. The predicted octanol–water partition coefficient (Wildman–Crippen LogP) is 3.73. The quantitative estimate of drug-likeness (QED) is 0.809. The summed E-state index contributed by atoms with van der Waals surface area (Å²) in [6.07, 6.45) is 3.00. The Bertz CT molecular complexity index is 430. The molecule has 19 heavy (non-hydrogen) atoms. The third kappa shape index (κ3) is 4.05. The van der Waals surface area contributed by atoms with E-state index >= 15 is 0 Å². The second-order valence-corrected chi connectivity index (χ2v) is 5.52. The lowest BCUT2D eigenvalue weighted by Crippen LogP contribution is -2.33. The number of alkyl halides is 1. The largest absolute Gasteiger partial charge is 0.378 e. The highest BCUT2D eigenvalue weighted by atomic mass is 79.9. The number of anilines is 1. The van der Waals surface area contributed by atoms with Crippen molar-refractivity contribution in [1.82, 2.24) is 0 Å². The average Bonchev–Trinajstić information content (AvgIpc) is 2.37. The Balaban J connectivity index is 1.79. The molecule has 0 bridgehead atoms. The summed E-state index contributed by atoms with van der Waals surface area (Å²) in [5, 5.41) is 3.75. The molecule has 0 radical (unpaired) electrons. The topological polar surface area (TPSA) is 38.3 Å². The van der Waals surface area contributed by atoms with Gasteiger partial charge in [-0.15, -0.1) is 0 Å². The van der Waals surface area contributed by atoms with E-state index in [1.807, 2.05) is 31.2 Å². The van der Waals surface area contributed by atoms with Gasteiger partial charge in [0.1, 0.15) is 0 Å². The highest BCUT2D eigenvalue weighted by molar-refractivity contribution is 9.08. The number of amides is 1. The molecule has 1 aliphatic carbocycles. The number of hydrogen-bond donors (Lipinski definition) is 1. The number of hydrogen-bond acceptors (Lipinski definition) is 2. The molecule has 1 aromatic rings. The van der Waals surface area contributed by atoms with Gasteiger partial charge in [-0.3, -0.25) is 4.79 Å². The molecular formula is C15H20BrNO2. The summed E-state index contributed by atoms with van der Waals surface area (Å²) in [5.74, 6) is 0.584. The molecule has 0 unspecified atom stereocenters. The number of carbonyl (C=O) groups excluding carboxylic acids is 1. The van der Waals surface area contributed by atoms with Crippen molar-refractivity contribution in [3.05, 3.63) is 29.8 Å². The lowest BCUT2D eigenvalue weighted by atomic mass is 9.80. The van der Waals surface area contributed by atoms with Crippen LogP contribution in [0.15, 0.2) is 24.3 Å². The van der Waals surface area contributed by atoms with Crippen LogP contribution in [0.25, 0.3) is 0 Å². The van der Waals surface area contributed by atoms with E-state index in [0.29, 0.717) is 18.4 Å². The zero-order chi connectivity index (χ0) is 13.7. The number of benzene rings is 1. The van der Waals surface area contributed by atoms with Crippen LogP contribution in [0.5, 0.6) is 0 Å². The Hall–Kier alpha value is -0.870. The van der Waals surface area contributed by atoms with Gasteiger partial charge in [0.25, 0.3) is 0 Å². The molecule has 0 heterocycles. The lowest BCUT2D eigenvalue weighted by Gasteiger charge is -2.34. The van der Waals surface area contributed by atoms with E-state index < -0.39 is 0 Å². The number of nitrogens with one attached hydrogen (secondary N) is 1. The van der Waals surface area contributed by atoms with E-state index in [9.17, 15) is 4.79 Å². The molecule has 3 nitrogen and oxygen atoms in total. The van der Waals surface area contributed by atoms with E-state index in [2.05, 4.69) is 21.2 Å². The number of rotatable bonds is 6. The average molecular weight is 326 g/mol. The zero-order valence-corrected chi connectivity index (χ0v) is 12.8. The molecule has 2 rings (SSSR count). The molecule has 0 aliphatic heterocycles. The second kappa shape index (κ2) is 7.06. The van der Waals surface area contributed by atoms with Crippen LogP contribution >= 0.6 is 15.9 Å². The normalized spacial score (nSPS) is 21.8. The third-order valence-electron chi connectivity index (χ3n) is 3.50. The van der Waals surface area contributed by atoms with Crippen LogP contribution in [0.3, 0.4) is 0 Å². The zero-order valence-electron chi connectivity index (χ0n) is 11.2. The fourth-order valence-electron chi connectivity index (χ4n) is 2.44. The van der Waals surface area contributed by atoms with Gasteiger partial charge in [-0.05, 0) is 37.3 Å². The van der Waals surface area contributed by atoms with Gasteiger partial charge in [0.15, 0.2) is 0 Å². The smallest absolute Gasteiger partial charge is 0.224 e. The Morgan fingerprint density at radius 1 is 1.42 bits per heavy atom. The molecule has 1 N–H and O–H groups in total. The molecule has 1 amide bonds. The first-order chi connectivity index (χ1) is 9.22. The summed E-state index contributed by atoms with van der Waals surface area (Å²) in [6.45, 7) is 2.78. The Morgan fingerprint density at radius 2 is 2.16 bits per heavy atom. The molecule has 1 fully saturated rings. The van der Waals surface area contributed by atoms with Gasteiger partial charge in [-0.1, -0.05) is 34.1 Å². The van der Waals surface area contributed by atoms with Gasteiger partial charge in [0.05, 0.1) is 6.10 Å². The fraction of sp³-hybridized carbons (Fsp3) is 0.533. The minimum absolute atomic E-state index is 0.105. The van der Waals surface area contributed by atoms with Gasteiger partial charge < -0.3 is 10.1 Å². The summed E-state index contributed by atoms with van der Waals surface area (Å²) in [6, 6.07) is 7.87. The Morgan fingerprint density at radius 3 is 2.84 bits per heavy atom. The van der Waals surface area contributed by atoms with Crippen LogP contribution < -0.4 is 5.32 Å². The van der Waals surface area contributed by atoms with Crippen molar-refractivity contribution in [3.63, 3.8) is 0 Å². The van der Waals surface area contributed by atoms with E-state index in [1.54, 1.807) is 0 Å². The van der Waals surface area contributed by atoms with Crippen molar-refractivity contribution in [3.8, 4) is 0 Å². The van der Waals surface area contributed by atoms with Crippen molar-refractivity contribution in [1.29, 1.82) is 0 Å². The third-order valence-corrected chi connectivity index (χ3v) is 4.11. The summed E-state index contributed by atoms with van der Waals surface area (Å²) in [4.78, 5) is 12.0. The Labute approximate surface area is 122 Å². The SMILES string of the molecule is CCOC1CC(CC(=O)Nc2ccccc2CBr)C1. The first-order valence-electron chi connectivity index (χ1n) is 6.78. The number of para-hydroxylation sites is 1. The second-order valence-electron chi connectivity index (χ2n) is 4.96. The van der Waals surface area contributed by atoms with E-state index in [4.69, 9.17) is 4.74 Å². The van der Waals surface area contributed by atoms with Crippen LogP contribution in [0, 0.1) is 5.92 Å². The maximum atomic E-state index is 12.0. The number of halogens is 1. The number of ether oxygens (including phenoxy) is 1. The van der Waals surface area contributed by atoms with Crippen molar-refractivity contribution >= 4 is 27.5 Å². The lowest BCUT2D eigenvalue weighted by molar-refractivity contribution is -0.119. The molecule has 0 aromatic heterocycles. The van der Waals surface area contributed by atoms with Gasteiger partial charge in [-0.2, -0.15) is 0 Å². The standard InChI is InChI=1S/C15H20BrNO2/c1-2-19-13-7-11(8-13)9-15(18)17-14-6-4-3-5-12(14)10-16/h3-6,11,13H,2,7-10H2,1H3,(H,17,18). The van der Waals surface area contributed by atoms with Crippen LogP contribution in [0.1, 0.15) is 31.7 Å². The van der Waals surface area contributed by atoms with Crippen molar-refractivity contribution in [2.24, 2.45) is 5.92 Å². The van der Waals surface area contributed by atoms with Gasteiger partial charge in [0, 0.05) is 24.0 Å². The van der Waals surface area contributed by atoms with Gasteiger partial charge in [0.2, 0.25) is 5.91 Å². The first-order valence-corrected chi connectivity index (χ1v) is 7.90. The highest BCUT2D eigenvalue weighted by Gasteiger charge is 2.31. The van der Waals surface area contributed by atoms with Gasteiger partial charge >= 0.3 is 0 Å². The van der Waals surface area contributed by atoms with Crippen LogP contribution in [0.4, 0.5) is 5.69 Å². The molecular weight excluding hydrogens is 306 g/mol. The van der Waals surface area contributed by atoms with Crippen LogP contribution in [-0.2, 0) is 14.9 Å². The van der Waals surface area contributed by atoms with Crippen LogP contribution in [-0.4, -0.2) is 18.6 Å². The minimum atomic E-state index is 0.105. The van der Waals surface area contributed by atoms with Crippen molar-refractivity contribution in [2.45, 2.75) is 37.6 Å². The van der Waals surface area contributed by atoms with Gasteiger partial charge in [-0.25, -0.2) is 0 Å². The Kier molecular flexibility index (Phi) is 5.40. The summed E-state index contributed by atoms with van der Waals surface area (Å²) in [5.41, 5.74) is 2.02. The van der Waals surface area contributed by atoms with E-state index in [0.717, 1.165) is 36.0 Å². The monoisotopic (exact) mass is 325 g/mol. The highest BCUT2D eigenvalue weighted by Crippen LogP contribution is 2.33. The van der Waals surface area contributed by atoms with Crippen molar-refractivity contribution in [2.75, 3.05) is 11.9 Å². The molecule has 4 heteroatoms. The van der Waals surface area contributed by atoms with Crippen molar-refractivity contribution < 1.29 is 9.53 Å². The maximum absolute atomic E-state index is 12.0. The molecule has 1 aromatic carbocycles. The molecule has 1 saturated carbocycles.